The Hall–Kier alpha value is -1.51. The summed E-state index contributed by atoms with van der Waals surface area (Å²) in [7, 11) is 0. The second kappa shape index (κ2) is 4.82. The number of nitrogen functional groups attached to an aromatic ring is 1. The van der Waals surface area contributed by atoms with E-state index in [0.29, 0.717) is 11.3 Å². The van der Waals surface area contributed by atoms with Gasteiger partial charge >= 0.3 is 0 Å². The highest BCUT2D eigenvalue weighted by Crippen LogP contribution is 2.13. The summed E-state index contributed by atoms with van der Waals surface area (Å²) in [6.45, 7) is 7.34. The zero-order chi connectivity index (χ0) is 11.4. The van der Waals surface area contributed by atoms with Crippen LogP contribution in [0.5, 0.6) is 0 Å². The zero-order valence-corrected chi connectivity index (χ0v) is 9.58. The first-order valence-electron chi connectivity index (χ1n) is 5.25. The Kier molecular flexibility index (Phi) is 3.72. The number of amides is 1. The number of nitrogens with two attached hydrogens (primary N) is 1. The van der Waals surface area contributed by atoms with Gasteiger partial charge in [0, 0.05) is 24.3 Å². The van der Waals surface area contributed by atoms with Gasteiger partial charge in [0.15, 0.2) is 0 Å². The lowest BCUT2D eigenvalue weighted by molar-refractivity contribution is 0.0773. The molecule has 0 radical (unpaired) electrons. The van der Waals surface area contributed by atoms with Crippen molar-refractivity contribution in [2.75, 3.05) is 18.8 Å². The van der Waals surface area contributed by atoms with Gasteiger partial charge in [-0.05, 0) is 44.5 Å². The van der Waals surface area contributed by atoms with Gasteiger partial charge in [0.05, 0.1) is 0 Å². The third kappa shape index (κ3) is 2.72. The van der Waals surface area contributed by atoms with Crippen molar-refractivity contribution in [3.05, 3.63) is 29.3 Å². The predicted molar refractivity (Wildman–Crippen MR) is 62.8 cm³/mol. The van der Waals surface area contributed by atoms with E-state index in [0.717, 1.165) is 18.7 Å². The minimum atomic E-state index is 0.0513. The summed E-state index contributed by atoms with van der Waals surface area (Å²) >= 11 is 0. The van der Waals surface area contributed by atoms with Crippen LogP contribution in [0.4, 0.5) is 5.69 Å². The highest BCUT2D eigenvalue weighted by Gasteiger charge is 2.12. The van der Waals surface area contributed by atoms with E-state index >= 15 is 0 Å². The maximum absolute atomic E-state index is 12.0. The Morgan fingerprint density at radius 2 is 1.87 bits per heavy atom. The molecule has 3 nitrogen and oxygen atoms in total. The van der Waals surface area contributed by atoms with Crippen molar-refractivity contribution in [2.45, 2.75) is 20.8 Å². The van der Waals surface area contributed by atoms with E-state index in [2.05, 4.69) is 0 Å². The molecule has 15 heavy (non-hydrogen) atoms. The Bertz CT molecular complexity index is 336. The maximum Gasteiger partial charge on any atom is 0.253 e. The number of hydrogen-bond acceptors (Lipinski definition) is 2. The number of nitrogens with zero attached hydrogens (tertiary/aromatic N) is 1. The van der Waals surface area contributed by atoms with Crippen molar-refractivity contribution in [3.63, 3.8) is 0 Å². The Morgan fingerprint density at radius 1 is 1.27 bits per heavy atom. The average Bonchev–Trinajstić information content (AvgIpc) is 2.18. The summed E-state index contributed by atoms with van der Waals surface area (Å²) in [5.74, 6) is 0.0513. The van der Waals surface area contributed by atoms with Gasteiger partial charge < -0.3 is 10.6 Å². The van der Waals surface area contributed by atoms with E-state index in [1.807, 2.05) is 32.9 Å². The van der Waals surface area contributed by atoms with E-state index < -0.39 is 0 Å². The summed E-state index contributed by atoms with van der Waals surface area (Å²) < 4.78 is 0. The molecule has 3 heteroatoms. The van der Waals surface area contributed by atoms with Crippen molar-refractivity contribution < 1.29 is 4.79 Å². The van der Waals surface area contributed by atoms with Crippen molar-refractivity contribution >= 4 is 11.6 Å². The summed E-state index contributed by atoms with van der Waals surface area (Å²) in [6, 6.07) is 5.46. The number of carbonyl (C=O) groups excluding carboxylic acids is 1. The molecule has 1 aromatic carbocycles. The topological polar surface area (TPSA) is 46.3 Å². The van der Waals surface area contributed by atoms with E-state index in [-0.39, 0.29) is 5.91 Å². The summed E-state index contributed by atoms with van der Waals surface area (Å²) in [4.78, 5) is 13.8. The van der Waals surface area contributed by atoms with E-state index in [4.69, 9.17) is 5.73 Å². The van der Waals surface area contributed by atoms with Gasteiger partial charge in [0.2, 0.25) is 0 Å². The molecule has 82 valence electrons. The summed E-state index contributed by atoms with van der Waals surface area (Å²) in [6.07, 6.45) is 0. The fourth-order valence-corrected chi connectivity index (χ4v) is 1.63. The quantitative estimate of drug-likeness (QED) is 0.769. The predicted octanol–water partition coefficient (Wildman–Crippen LogP) is 2.06. The van der Waals surface area contributed by atoms with Crippen molar-refractivity contribution in [1.82, 2.24) is 4.90 Å². The fraction of sp³-hybridized carbons (Fsp3) is 0.417. The van der Waals surface area contributed by atoms with Gasteiger partial charge in [-0.15, -0.1) is 0 Å². The van der Waals surface area contributed by atoms with E-state index in [9.17, 15) is 4.79 Å². The van der Waals surface area contributed by atoms with Crippen molar-refractivity contribution in [1.29, 1.82) is 0 Å². The smallest absolute Gasteiger partial charge is 0.253 e. The molecule has 0 spiro atoms. The molecule has 2 N–H and O–H groups in total. The van der Waals surface area contributed by atoms with Crippen LogP contribution in [-0.4, -0.2) is 23.9 Å². The van der Waals surface area contributed by atoms with Gasteiger partial charge in [-0.1, -0.05) is 0 Å². The average molecular weight is 206 g/mol. The van der Waals surface area contributed by atoms with E-state index in [1.165, 1.54) is 0 Å². The van der Waals surface area contributed by atoms with Gasteiger partial charge in [-0.25, -0.2) is 0 Å². The second-order valence-electron chi connectivity index (χ2n) is 3.61. The molecule has 0 unspecified atom stereocenters. The fourth-order valence-electron chi connectivity index (χ4n) is 1.63. The molecule has 0 aromatic heterocycles. The largest absolute Gasteiger partial charge is 0.399 e. The molecule has 0 saturated heterocycles. The molecule has 0 fully saturated rings. The summed E-state index contributed by atoms with van der Waals surface area (Å²) in [5, 5.41) is 0. The lowest BCUT2D eigenvalue weighted by Crippen LogP contribution is -2.30. The van der Waals surface area contributed by atoms with Gasteiger partial charge in [-0.2, -0.15) is 0 Å². The molecule has 0 aliphatic rings. The standard InChI is InChI=1S/C12H18N2O/c1-4-14(5-2)12(15)10-6-9(3)7-11(13)8-10/h6-8H,4-5,13H2,1-3H3. The first kappa shape index (κ1) is 11.6. The SMILES string of the molecule is CCN(CC)C(=O)c1cc(C)cc(N)c1. The van der Waals surface area contributed by atoms with Crippen LogP contribution < -0.4 is 5.73 Å². The highest BCUT2D eigenvalue weighted by atomic mass is 16.2. The second-order valence-corrected chi connectivity index (χ2v) is 3.61. The van der Waals surface area contributed by atoms with E-state index in [1.54, 1.807) is 11.0 Å². The molecule has 0 saturated carbocycles. The molecular weight excluding hydrogens is 188 g/mol. The third-order valence-corrected chi connectivity index (χ3v) is 2.40. The van der Waals surface area contributed by atoms with Crippen LogP contribution in [0, 0.1) is 6.92 Å². The number of benzene rings is 1. The Balaban J connectivity index is 3.00. The highest BCUT2D eigenvalue weighted by molar-refractivity contribution is 5.95. The van der Waals surface area contributed by atoms with Crippen molar-refractivity contribution in [3.8, 4) is 0 Å². The van der Waals surface area contributed by atoms with Gasteiger partial charge in [0.25, 0.3) is 5.91 Å². The molecule has 1 aromatic rings. The molecular formula is C12H18N2O. The lowest BCUT2D eigenvalue weighted by atomic mass is 10.1. The van der Waals surface area contributed by atoms with Gasteiger partial charge in [-0.3, -0.25) is 4.79 Å². The Morgan fingerprint density at radius 3 is 2.33 bits per heavy atom. The van der Waals surface area contributed by atoms with Crippen LogP contribution >= 0.6 is 0 Å². The number of hydrogen-bond donors (Lipinski definition) is 1. The molecule has 0 bridgehead atoms. The van der Waals surface area contributed by atoms with Crippen LogP contribution in [0.15, 0.2) is 18.2 Å². The third-order valence-electron chi connectivity index (χ3n) is 2.40. The maximum atomic E-state index is 12.0. The molecule has 1 amide bonds. The number of aryl methyl sites for hydroxylation is 1. The Labute approximate surface area is 90.9 Å². The van der Waals surface area contributed by atoms with Crippen LogP contribution in [-0.2, 0) is 0 Å². The number of anilines is 1. The number of rotatable bonds is 3. The molecule has 0 atom stereocenters. The van der Waals surface area contributed by atoms with Crippen LogP contribution in [0.1, 0.15) is 29.8 Å². The molecule has 0 heterocycles. The minimum absolute atomic E-state index is 0.0513. The number of carbonyl (C=O) groups is 1. The lowest BCUT2D eigenvalue weighted by Gasteiger charge is -2.19. The monoisotopic (exact) mass is 206 g/mol. The normalized spacial score (nSPS) is 10.1. The van der Waals surface area contributed by atoms with Gasteiger partial charge in [0.1, 0.15) is 0 Å². The molecule has 0 aliphatic heterocycles. The first-order chi connectivity index (χ1) is 7.08. The molecule has 1 rings (SSSR count). The summed E-state index contributed by atoms with van der Waals surface area (Å²) in [5.41, 5.74) is 8.05. The van der Waals surface area contributed by atoms with Crippen LogP contribution in [0.25, 0.3) is 0 Å². The van der Waals surface area contributed by atoms with Crippen molar-refractivity contribution in [2.24, 2.45) is 0 Å². The first-order valence-corrected chi connectivity index (χ1v) is 5.25. The minimum Gasteiger partial charge on any atom is -0.399 e. The van der Waals surface area contributed by atoms with Crippen LogP contribution in [0.3, 0.4) is 0 Å². The molecule has 0 aliphatic carbocycles. The van der Waals surface area contributed by atoms with Crippen LogP contribution in [0.2, 0.25) is 0 Å². The zero-order valence-electron chi connectivity index (χ0n) is 9.58.